The molecule has 2 aromatic rings. The molecule has 146 valence electrons. The predicted octanol–water partition coefficient (Wildman–Crippen LogP) is 3.88. The van der Waals surface area contributed by atoms with Crippen molar-refractivity contribution in [3.05, 3.63) is 71.8 Å². The third kappa shape index (κ3) is 5.93. The van der Waals surface area contributed by atoms with Crippen LogP contribution in [0.3, 0.4) is 0 Å². The van der Waals surface area contributed by atoms with Crippen molar-refractivity contribution in [2.75, 3.05) is 18.1 Å². The molecule has 0 aromatic heterocycles. The van der Waals surface area contributed by atoms with Gasteiger partial charge in [-0.3, -0.25) is 4.79 Å². The summed E-state index contributed by atoms with van der Waals surface area (Å²) in [5.41, 5.74) is 2.17. The lowest BCUT2D eigenvalue weighted by molar-refractivity contribution is -0.132. The van der Waals surface area contributed by atoms with E-state index in [1.807, 2.05) is 74.5 Å². The second kappa shape index (κ2) is 9.70. The zero-order chi connectivity index (χ0) is 19.9. The van der Waals surface area contributed by atoms with Crippen molar-refractivity contribution < 1.29 is 13.2 Å². The van der Waals surface area contributed by atoms with Gasteiger partial charge in [-0.2, -0.15) is 0 Å². The summed E-state index contributed by atoms with van der Waals surface area (Å²) in [5.74, 6) is 0.0300. The molecule has 4 nitrogen and oxygen atoms in total. The zero-order valence-electron chi connectivity index (χ0n) is 16.3. The van der Waals surface area contributed by atoms with Gasteiger partial charge >= 0.3 is 0 Å². The fraction of sp³-hybridized carbons (Fsp3) is 0.409. The molecule has 27 heavy (non-hydrogen) atoms. The average molecular weight is 388 g/mol. The van der Waals surface area contributed by atoms with Crippen molar-refractivity contribution in [2.45, 2.75) is 39.2 Å². The minimum Gasteiger partial charge on any atom is -0.339 e. The van der Waals surface area contributed by atoms with Crippen LogP contribution in [0.5, 0.6) is 0 Å². The van der Waals surface area contributed by atoms with Crippen molar-refractivity contribution in [2.24, 2.45) is 0 Å². The van der Waals surface area contributed by atoms with Crippen LogP contribution in [0.25, 0.3) is 0 Å². The highest BCUT2D eigenvalue weighted by Gasteiger charge is 2.26. The predicted molar refractivity (Wildman–Crippen MR) is 111 cm³/mol. The van der Waals surface area contributed by atoms with Crippen LogP contribution in [0.4, 0.5) is 0 Å². The molecule has 0 saturated carbocycles. The van der Waals surface area contributed by atoms with Crippen LogP contribution in [0, 0.1) is 0 Å². The summed E-state index contributed by atoms with van der Waals surface area (Å²) in [6.07, 6.45) is 0.318. The third-order valence-corrected chi connectivity index (χ3v) is 6.78. The summed E-state index contributed by atoms with van der Waals surface area (Å²) in [7, 11) is -3.13. The molecule has 0 radical (unpaired) electrons. The summed E-state index contributed by atoms with van der Waals surface area (Å²) >= 11 is 0. The number of amides is 1. The molecular formula is C22H29NO3S. The van der Waals surface area contributed by atoms with Gasteiger partial charge < -0.3 is 4.90 Å². The molecule has 0 saturated heterocycles. The summed E-state index contributed by atoms with van der Waals surface area (Å²) < 4.78 is 24.0. The van der Waals surface area contributed by atoms with E-state index in [-0.39, 0.29) is 29.4 Å². The van der Waals surface area contributed by atoms with Crippen LogP contribution < -0.4 is 0 Å². The Morgan fingerprint density at radius 1 is 0.926 bits per heavy atom. The smallest absolute Gasteiger partial charge is 0.223 e. The molecule has 0 aliphatic rings. The van der Waals surface area contributed by atoms with Crippen LogP contribution in [-0.2, 0) is 14.6 Å². The lowest BCUT2D eigenvalue weighted by Crippen LogP contribution is -2.43. The summed E-state index contributed by atoms with van der Waals surface area (Å²) in [5, 5.41) is 0. The normalized spacial score (nSPS) is 12.7. The fourth-order valence-electron chi connectivity index (χ4n) is 3.40. The van der Waals surface area contributed by atoms with Gasteiger partial charge in [0.2, 0.25) is 5.91 Å². The Hall–Kier alpha value is -2.14. The average Bonchev–Trinajstić information content (AvgIpc) is 2.67. The number of hydrogen-bond donors (Lipinski definition) is 0. The molecule has 0 heterocycles. The minimum atomic E-state index is -3.13. The Labute approximate surface area is 163 Å². The number of carbonyl (C=O) groups is 1. The highest BCUT2D eigenvalue weighted by atomic mass is 32.2. The van der Waals surface area contributed by atoms with Crippen LogP contribution in [0.2, 0.25) is 0 Å². The van der Waals surface area contributed by atoms with E-state index in [0.717, 1.165) is 11.1 Å². The highest BCUT2D eigenvalue weighted by molar-refractivity contribution is 7.91. The standard InChI is InChI=1S/C22H29NO3S/c1-4-23(18(3)17-27(25,26)5-2)22(24)16-21(19-12-8-6-9-13-19)20-14-10-7-11-15-20/h6-15,18,21H,4-5,16-17H2,1-3H3. The van der Waals surface area contributed by atoms with E-state index in [4.69, 9.17) is 0 Å². The molecule has 0 spiro atoms. The molecule has 0 aliphatic heterocycles. The molecule has 2 rings (SSSR count). The maximum atomic E-state index is 13.1. The first-order valence-electron chi connectivity index (χ1n) is 9.47. The van der Waals surface area contributed by atoms with Crippen molar-refractivity contribution >= 4 is 15.7 Å². The minimum absolute atomic E-state index is 0.00439. The molecule has 1 amide bonds. The molecule has 5 heteroatoms. The molecular weight excluding hydrogens is 358 g/mol. The third-order valence-electron chi connectivity index (χ3n) is 4.91. The van der Waals surface area contributed by atoms with E-state index < -0.39 is 9.84 Å². The molecule has 1 atom stereocenters. The van der Waals surface area contributed by atoms with E-state index in [1.165, 1.54) is 0 Å². The first kappa shape index (κ1) is 21.2. The monoisotopic (exact) mass is 387 g/mol. The van der Waals surface area contributed by atoms with Crippen molar-refractivity contribution in [1.82, 2.24) is 4.90 Å². The second-order valence-electron chi connectivity index (χ2n) is 6.81. The Kier molecular flexibility index (Phi) is 7.60. The summed E-state index contributed by atoms with van der Waals surface area (Å²) in [6, 6.07) is 19.6. The van der Waals surface area contributed by atoms with Gasteiger partial charge in [-0.05, 0) is 25.0 Å². The number of nitrogens with zero attached hydrogens (tertiary/aromatic N) is 1. The van der Waals surface area contributed by atoms with Gasteiger partial charge in [0.25, 0.3) is 0 Å². The topological polar surface area (TPSA) is 54.5 Å². The van der Waals surface area contributed by atoms with Gasteiger partial charge in [0.1, 0.15) is 0 Å². The molecule has 0 bridgehead atoms. The maximum Gasteiger partial charge on any atom is 0.223 e. The zero-order valence-corrected chi connectivity index (χ0v) is 17.2. The van der Waals surface area contributed by atoms with E-state index in [1.54, 1.807) is 11.8 Å². The number of rotatable bonds is 9. The van der Waals surface area contributed by atoms with Crippen LogP contribution in [0.15, 0.2) is 60.7 Å². The van der Waals surface area contributed by atoms with Crippen molar-refractivity contribution in [3.63, 3.8) is 0 Å². The van der Waals surface area contributed by atoms with Gasteiger partial charge in [-0.15, -0.1) is 0 Å². The van der Waals surface area contributed by atoms with E-state index in [0.29, 0.717) is 13.0 Å². The quantitative estimate of drug-likeness (QED) is 0.656. The Bertz CT molecular complexity index is 780. The second-order valence-corrected chi connectivity index (χ2v) is 9.20. The number of carbonyl (C=O) groups excluding carboxylic acids is 1. The first-order valence-corrected chi connectivity index (χ1v) is 11.3. The highest BCUT2D eigenvalue weighted by Crippen LogP contribution is 2.29. The SMILES string of the molecule is CCN(C(=O)CC(c1ccccc1)c1ccccc1)C(C)CS(=O)(=O)CC. The lowest BCUT2D eigenvalue weighted by atomic mass is 9.88. The van der Waals surface area contributed by atoms with E-state index in [9.17, 15) is 13.2 Å². The van der Waals surface area contributed by atoms with Crippen LogP contribution in [0.1, 0.15) is 44.2 Å². The molecule has 0 aliphatic carbocycles. The molecule has 0 fully saturated rings. The molecule has 0 N–H and O–H groups in total. The number of hydrogen-bond acceptors (Lipinski definition) is 3. The van der Waals surface area contributed by atoms with Crippen LogP contribution >= 0.6 is 0 Å². The van der Waals surface area contributed by atoms with E-state index >= 15 is 0 Å². The van der Waals surface area contributed by atoms with Gasteiger partial charge in [-0.1, -0.05) is 67.6 Å². The first-order chi connectivity index (χ1) is 12.9. The number of benzene rings is 2. The van der Waals surface area contributed by atoms with Crippen molar-refractivity contribution in [1.29, 1.82) is 0 Å². The Morgan fingerprint density at radius 2 is 1.41 bits per heavy atom. The van der Waals surface area contributed by atoms with E-state index in [2.05, 4.69) is 0 Å². The van der Waals surface area contributed by atoms with Gasteiger partial charge in [0.15, 0.2) is 9.84 Å². The Morgan fingerprint density at radius 3 is 1.81 bits per heavy atom. The molecule has 2 aromatic carbocycles. The summed E-state index contributed by atoms with van der Waals surface area (Å²) in [4.78, 5) is 14.8. The lowest BCUT2D eigenvalue weighted by Gasteiger charge is -2.30. The largest absolute Gasteiger partial charge is 0.339 e. The van der Waals surface area contributed by atoms with Crippen molar-refractivity contribution in [3.8, 4) is 0 Å². The van der Waals surface area contributed by atoms with Gasteiger partial charge in [0, 0.05) is 30.7 Å². The Balaban J connectivity index is 2.24. The van der Waals surface area contributed by atoms with Gasteiger partial charge in [-0.25, -0.2) is 8.42 Å². The fourth-order valence-corrected chi connectivity index (χ4v) is 4.55. The number of sulfone groups is 1. The molecule has 1 unspecified atom stereocenters. The van der Waals surface area contributed by atoms with Crippen LogP contribution in [-0.4, -0.2) is 43.3 Å². The maximum absolute atomic E-state index is 13.1. The summed E-state index contributed by atoms with van der Waals surface area (Å²) in [6.45, 7) is 5.85. The van der Waals surface area contributed by atoms with Gasteiger partial charge in [0.05, 0.1) is 5.75 Å².